The molecule has 1 saturated heterocycles. The Balaban J connectivity index is 2.06. The van der Waals surface area contributed by atoms with Crippen molar-refractivity contribution in [1.29, 1.82) is 0 Å². The summed E-state index contributed by atoms with van der Waals surface area (Å²) in [5.74, 6) is 1.08. The molecule has 19 heavy (non-hydrogen) atoms. The summed E-state index contributed by atoms with van der Waals surface area (Å²) >= 11 is 0. The summed E-state index contributed by atoms with van der Waals surface area (Å²) in [7, 11) is 0. The highest BCUT2D eigenvalue weighted by atomic mass is 16.3. The monoisotopic (exact) mass is 264 g/mol. The molecule has 0 bridgehead atoms. The molecule has 0 saturated carbocycles. The van der Waals surface area contributed by atoms with Gasteiger partial charge in [-0.3, -0.25) is 4.90 Å². The van der Waals surface area contributed by atoms with E-state index < -0.39 is 0 Å². The Bertz CT molecular complexity index is 353. The van der Waals surface area contributed by atoms with Gasteiger partial charge in [0, 0.05) is 18.0 Å². The highest BCUT2D eigenvalue weighted by Gasteiger charge is 2.36. The minimum Gasteiger partial charge on any atom is -0.469 e. The van der Waals surface area contributed by atoms with Crippen LogP contribution in [0.25, 0.3) is 0 Å². The maximum atomic E-state index is 5.54. The molecule has 1 fully saturated rings. The lowest BCUT2D eigenvalue weighted by molar-refractivity contribution is 0.104. The molecule has 1 aromatic rings. The average Bonchev–Trinajstić information content (AvgIpc) is 3.06. The molecule has 108 valence electrons. The third kappa shape index (κ3) is 3.61. The van der Waals surface area contributed by atoms with Crippen molar-refractivity contribution in [2.75, 3.05) is 19.6 Å². The highest BCUT2D eigenvalue weighted by molar-refractivity contribution is 5.06. The molecule has 1 aliphatic rings. The van der Waals surface area contributed by atoms with Gasteiger partial charge in [0.2, 0.25) is 0 Å². The fourth-order valence-corrected chi connectivity index (χ4v) is 3.03. The lowest BCUT2D eigenvalue weighted by Gasteiger charge is -2.42. The van der Waals surface area contributed by atoms with Crippen LogP contribution in [0.5, 0.6) is 0 Å². The van der Waals surface area contributed by atoms with E-state index in [4.69, 9.17) is 4.42 Å². The molecule has 1 N–H and O–H groups in total. The Morgan fingerprint density at radius 1 is 1.37 bits per heavy atom. The molecule has 3 nitrogen and oxygen atoms in total. The SMILES string of the molecule is CCCNC(Cc1ccco1)C(C)(C)N1CCCC1. The van der Waals surface area contributed by atoms with Crippen LogP contribution in [0.4, 0.5) is 0 Å². The minimum atomic E-state index is 0.179. The summed E-state index contributed by atoms with van der Waals surface area (Å²) in [5.41, 5.74) is 0.179. The van der Waals surface area contributed by atoms with Crippen LogP contribution in [0, 0.1) is 0 Å². The summed E-state index contributed by atoms with van der Waals surface area (Å²) in [4.78, 5) is 2.63. The van der Waals surface area contributed by atoms with Gasteiger partial charge in [0.1, 0.15) is 5.76 Å². The molecule has 1 aromatic heterocycles. The van der Waals surface area contributed by atoms with Crippen molar-refractivity contribution in [3.8, 4) is 0 Å². The Morgan fingerprint density at radius 2 is 2.11 bits per heavy atom. The van der Waals surface area contributed by atoms with Crippen LogP contribution in [-0.2, 0) is 6.42 Å². The van der Waals surface area contributed by atoms with Crippen molar-refractivity contribution in [2.45, 2.75) is 58.0 Å². The van der Waals surface area contributed by atoms with Crippen molar-refractivity contribution >= 4 is 0 Å². The van der Waals surface area contributed by atoms with Gasteiger partial charge in [-0.1, -0.05) is 6.92 Å². The highest BCUT2D eigenvalue weighted by Crippen LogP contribution is 2.26. The van der Waals surface area contributed by atoms with Crippen LogP contribution in [0.3, 0.4) is 0 Å². The quantitative estimate of drug-likeness (QED) is 0.820. The Morgan fingerprint density at radius 3 is 2.68 bits per heavy atom. The molecule has 1 unspecified atom stereocenters. The first-order chi connectivity index (χ1) is 9.14. The second-order valence-corrected chi connectivity index (χ2v) is 6.14. The number of likely N-dealkylation sites (tertiary alicyclic amines) is 1. The van der Waals surface area contributed by atoms with Gasteiger partial charge >= 0.3 is 0 Å². The number of hydrogen-bond donors (Lipinski definition) is 1. The number of furan rings is 1. The number of nitrogens with zero attached hydrogens (tertiary/aromatic N) is 1. The predicted molar refractivity (Wildman–Crippen MR) is 79.4 cm³/mol. The van der Waals surface area contributed by atoms with Crippen molar-refractivity contribution in [3.63, 3.8) is 0 Å². The van der Waals surface area contributed by atoms with Gasteiger partial charge in [-0.25, -0.2) is 0 Å². The van der Waals surface area contributed by atoms with E-state index in [0.29, 0.717) is 6.04 Å². The summed E-state index contributed by atoms with van der Waals surface area (Å²) in [6, 6.07) is 4.51. The standard InChI is InChI=1S/C16H28N2O/c1-4-9-17-15(13-14-8-7-12-19-14)16(2,3)18-10-5-6-11-18/h7-8,12,15,17H,4-6,9-11,13H2,1-3H3. The third-order valence-corrected chi connectivity index (χ3v) is 4.40. The lowest BCUT2D eigenvalue weighted by atomic mass is 9.89. The molecule has 2 heterocycles. The van der Waals surface area contributed by atoms with E-state index in [1.54, 1.807) is 6.26 Å². The second kappa shape index (κ2) is 6.58. The number of hydrogen-bond acceptors (Lipinski definition) is 3. The normalized spacial score (nSPS) is 18.9. The molecule has 0 aromatic carbocycles. The van der Waals surface area contributed by atoms with E-state index in [-0.39, 0.29) is 5.54 Å². The Labute approximate surface area is 117 Å². The van der Waals surface area contributed by atoms with Gasteiger partial charge in [-0.15, -0.1) is 0 Å². The topological polar surface area (TPSA) is 28.4 Å². The van der Waals surface area contributed by atoms with E-state index in [1.807, 2.05) is 6.07 Å². The molecule has 0 aliphatic carbocycles. The number of nitrogens with one attached hydrogen (secondary N) is 1. The average molecular weight is 264 g/mol. The van der Waals surface area contributed by atoms with Crippen LogP contribution < -0.4 is 5.32 Å². The fourth-order valence-electron chi connectivity index (χ4n) is 3.03. The second-order valence-electron chi connectivity index (χ2n) is 6.14. The summed E-state index contributed by atoms with van der Waals surface area (Å²) in [6.45, 7) is 10.5. The molecule has 2 rings (SSSR count). The maximum absolute atomic E-state index is 5.54. The zero-order valence-corrected chi connectivity index (χ0v) is 12.6. The smallest absolute Gasteiger partial charge is 0.105 e. The van der Waals surface area contributed by atoms with Crippen LogP contribution in [0.15, 0.2) is 22.8 Å². The molecular formula is C16H28N2O. The van der Waals surface area contributed by atoms with E-state index in [1.165, 1.54) is 32.4 Å². The summed E-state index contributed by atoms with van der Waals surface area (Å²) in [6.07, 6.45) is 6.59. The molecule has 0 radical (unpaired) electrons. The zero-order valence-electron chi connectivity index (χ0n) is 12.6. The van der Waals surface area contributed by atoms with Gasteiger partial charge < -0.3 is 9.73 Å². The van der Waals surface area contributed by atoms with Crippen LogP contribution in [0.1, 0.15) is 45.8 Å². The van der Waals surface area contributed by atoms with Gasteiger partial charge in [-0.05, 0) is 64.9 Å². The Hall–Kier alpha value is -0.800. The molecule has 0 amide bonds. The first-order valence-electron chi connectivity index (χ1n) is 7.65. The van der Waals surface area contributed by atoms with Crippen molar-refractivity contribution in [2.24, 2.45) is 0 Å². The first-order valence-corrected chi connectivity index (χ1v) is 7.65. The van der Waals surface area contributed by atoms with E-state index in [9.17, 15) is 0 Å². The fraction of sp³-hybridized carbons (Fsp3) is 0.750. The first kappa shape index (κ1) is 14.6. The molecule has 1 atom stereocenters. The van der Waals surface area contributed by atoms with Gasteiger partial charge in [0.25, 0.3) is 0 Å². The molecule has 3 heteroatoms. The molecular weight excluding hydrogens is 236 g/mol. The zero-order chi connectivity index (χ0) is 13.7. The van der Waals surface area contributed by atoms with E-state index >= 15 is 0 Å². The van der Waals surface area contributed by atoms with Gasteiger partial charge in [0.05, 0.1) is 6.26 Å². The van der Waals surface area contributed by atoms with E-state index in [2.05, 4.69) is 37.1 Å². The molecule has 0 spiro atoms. The third-order valence-electron chi connectivity index (χ3n) is 4.40. The summed E-state index contributed by atoms with van der Waals surface area (Å²) < 4.78 is 5.54. The predicted octanol–water partition coefficient (Wildman–Crippen LogP) is 3.06. The van der Waals surface area contributed by atoms with Crippen LogP contribution in [-0.4, -0.2) is 36.1 Å². The minimum absolute atomic E-state index is 0.179. The maximum Gasteiger partial charge on any atom is 0.105 e. The van der Waals surface area contributed by atoms with Gasteiger partial charge in [0.15, 0.2) is 0 Å². The lowest BCUT2D eigenvalue weighted by Crippen LogP contribution is -2.57. The number of rotatable bonds is 7. The molecule has 1 aliphatic heterocycles. The van der Waals surface area contributed by atoms with Crippen LogP contribution in [0.2, 0.25) is 0 Å². The van der Waals surface area contributed by atoms with E-state index in [0.717, 1.165) is 18.7 Å². The summed E-state index contributed by atoms with van der Waals surface area (Å²) in [5, 5.41) is 3.72. The van der Waals surface area contributed by atoms with Crippen molar-refractivity contribution in [3.05, 3.63) is 24.2 Å². The van der Waals surface area contributed by atoms with Crippen molar-refractivity contribution < 1.29 is 4.42 Å². The Kier molecular flexibility index (Phi) is 5.06. The van der Waals surface area contributed by atoms with Crippen molar-refractivity contribution in [1.82, 2.24) is 10.2 Å². The van der Waals surface area contributed by atoms with Gasteiger partial charge in [-0.2, -0.15) is 0 Å². The largest absolute Gasteiger partial charge is 0.469 e. The van der Waals surface area contributed by atoms with Crippen LogP contribution >= 0.6 is 0 Å².